The third-order valence-electron chi connectivity index (χ3n) is 5.01. The minimum Gasteiger partial charge on any atom is -0.495 e. The van der Waals surface area contributed by atoms with Crippen LogP contribution in [0.2, 0.25) is 5.02 Å². The number of nitrogens with one attached hydrogen (secondary N) is 1. The highest BCUT2D eigenvalue weighted by Crippen LogP contribution is 2.36. The number of carbonyl (C=O) groups is 2. The lowest BCUT2D eigenvalue weighted by atomic mass is 10.1. The molecule has 2 heterocycles. The smallest absolute Gasteiger partial charge is 0.231 e. The van der Waals surface area contributed by atoms with Crippen LogP contribution in [0.4, 0.5) is 10.8 Å². The molecule has 1 aliphatic rings. The number of halogens is 1. The van der Waals surface area contributed by atoms with Gasteiger partial charge in [0.15, 0.2) is 4.34 Å². The molecule has 33 heavy (non-hydrogen) atoms. The quantitative estimate of drug-likeness (QED) is 0.380. The van der Waals surface area contributed by atoms with Crippen LogP contribution in [-0.4, -0.2) is 35.7 Å². The van der Waals surface area contributed by atoms with E-state index < -0.39 is 5.92 Å². The monoisotopic (exact) mass is 499 g/mol. The number of anilines is 2. The maximum atomic E-state index is 12.8. The van der Waals surface area contributed by atoms with E-state index in [1.165, 1.54) is 35.1 Å². The van der Waals surface area contributed by atoms with Crippen molar-refractivity contribution in [2.75, 3.05) is 23.9 Å². The van der Waals surface area contributed by atoms with E-state index in [2.05, 4.69) is 21.6 Å². The summed E-state index contributed by atoms with van der Waals surface area (Å²) >= 11 is 8.85. The van der Waals surface area contributed by atoms with E-state index in [0.29, 0.717) is 37.2 Å². The predicted molar refractivity (Wildman–Crippen MR) is 128 cm³/mol. The minimum absolute atomic E-state index is 0.0839. The van der Waals surface area contributed by atoms with Gasteiger partial charge in [0, 0.05) is 23.7 Å². The van der Waals surface area contributed by atoms with Gasteiger partial charge in [-0.25, -0.2) is 0 Å². The predicted octanol–water partition coefficient (Wildman–Crippen LogP) is 4.36. The number of carbonyl (C=O) groups excluding carboxylic acids is 2. The average molecular weight is 500 g/mol. The van der Waals surface area contributed by atoms with Crippen LogP contribution in [0, 0.1) is 17.2 Å². The van der Waals surface area contributed by atoms with Gasteiger partial charge in [0.05, 0.1) is 30.3 Å². The highest BCUT2D eigenvalue weighted by atomic mass is 35.5. The second-order valence-corrected chi connectivity index (χ2v) is 9.82. The van der Waals surface area contributed by atoms with E-state index in [1.54, 1.807) is 30.3 Å². The number of hydrogen-bond acceptors (Lipinski definition) is 8. The van der Waals surface area contributed by atoms with E-state index in [4.69, 9.17) is 21.6 Å². The normalized spacial score (nSPS) is 15.4. The first-order valence-corrected chi connectivity index (χ1v) is 12.0. The molecule has 2 amide bonds. The molecule has 4 rings (SSSR count). The van der Waals surface area contributed by atoms with Crippen molar-refractivity contribution in [2.45, 2.75) is 16.5 Å². The maximum absolute atomic E-state index is 12.8. The molecule has 1 fully saturated rings. The van der Waals surface area contributed by atoms with E-state index in [1.807, 2.05) is 12.1 Å². The molecule has 0 saturated carbocycles. The van der Waals surface area contributed by atoms with Crippen molar-refractivity contribution < 1.29 is 14.3 Å². The lowest BCUT2D eigenvalue weighted by Gasteiger charge is -2.19. The molecule has 1 aromatic heterocycles. The molecule has 168 valence electrons. The Kier molecular flexibility index (Phi) is 7.13. The highest BCUT2D eigenvalue weighted by Gasteiger charge is 2.36. The lowest BCUT2D eigenvalue weighted by molar-refractivity contribution is -0.122. The summed E-state index contributed by atoms with van der Waals surface area (Å²) in [5, 5.41) is 20.7. The van der Waals surface area contributed by atoms with Gasteiger partial charge >= 0.3 is 0 Å². The number of benzene rings is 2. The van der Waals surface area contributed by atoms with Crippen LogP contribution in [-0.2, 0) is 15.3 Å². The molecule has 2 aromatic carbocycles. The molecule has 0 spiro atoms. The molecular formula is C22H18ClN5O3S2. The van der Waals surface area contributed by atoms with E-state index in [0.717, 1.165) is 5.56 Å². The molecule has 1 unspecified atom stereocenters. The third kappa shape index (κ3) is 5.45. The largest absolute Gasteiger partial charge is 0.495 e. The molecule has 1 aliphatic heterocycles. The number of hydrogen-bond donors (Lipinski definition) is 1. The number of methoxy groups -OCH3 is 1. The molecule has 1 N–H and O–H groups in total. The molecule has 0 aliphatic carbocycles. The summed E-state index contributed by atoms with van der Waals surface area (Å²) in [5.74, 6) is 0.196. The van der Waals surface area contributed by atoms with Gasteiger partial charge in [-0.15, -0.1) is 10.2 Å². The lowest BCUT2D eigenvalue weighted by Crippen LogP contribution is -2.28. The van der Waals surface area contributed by atoms with Gasteiger partial charge in [-0.1, -0.05) is 46.8 Å². The highest BCUT2D eigenvalue weighted by molar-refractivity contribution is 8.00. The Balaban J connectivity index is 1.35. The topological polar surface area (TPSA) is 108 Å². The van der Waals surface area contributed by atoms with E-state index in [9.17, 15) is 9.59 Å². The van der Waals surface area contributed by atoms with Crippen LogP contribution in [0.1, 0.15) is 17.5 Å². The molecule has 8 nitrogen and oxygen atoms in total. The molecular weight excluding hydrogens is 482 g/mol. The van der Waals surface area contributed by atoms with Crippen LogP contribution in [0.15, 0.2) is 46.8 Å². The van der Waals surface area contributed by atoms with Gasteiger partial charge in [-0.3, -0.25) is 9.59 Å². The fraction of sp³-hybridized carbons (Fsp3) is 0.227. The Morgan fingerprint density at radius 2 is 2.12 bits per heavy atom. The molecule has 0 bridgehead atoms. The summed E-state index contributed by atoms with van der Waals surface area (Å²) in [6.07, 6.45) is 0.0839. The van der Waals surface area contributed by atoms with Crippen molar-refractivity contribution in [1.29, 1.82) is 5.26 Å². The summed E-state index contributed by atoms with van der Waals surface area (Å²) in [7, 11) is 1.52. The molecule has 3 aromatic rings. The van der Waals surface area contributed by atoms with E-state index in [-0.39, 0.29) is 24.8 Å². The number of ether oxygens (including phenoxy) is 1. The second-order valence-electron chi connectivity index (χ2n) is 7.18. The third-order valence-corrected chi connectivity index (χ3v) is 7.29. The zero-order chi connectivity index (χ0) is 23.4. The summed E-state index contributed by atoms with van der Waals surface area (Å²) in [5.41, 5.74) is 2.21. The van der Waals surface area contributed by atoms with Gasteiger partial charge < -0.3 is 15.0 Å². The van der Waals surface area contributed by atoms with Gasteiger partial charge in [0.2, 0.25) is 16.9 Å². The average Bonchev–Trinajstić information content (AvgIpc) is 3.44. The number of rotatable bonds is 7. The van der Waals surface area contributed by atoms with Crippen LogP contribution in [0.5, 0.6) is 5.75 Å². The second kappa shape index (κ2) is 10.2. The van der Waals surface area contributed by atoms with Crippen molar-refractivity contribution in [3.63, 3.8) is 0 Å². The van der Waals surface area contributed by atoms with E-state index >= 15 is 0 Å². The van der Waals surface area contributed by atoms with Crippen LogP contribution < -0.4 is 15.0 Å². The van der Waals surface area contributed by atoms with Crippen molar-refractivity contribution >= 4 is 57.3 Å². The zero-order valence-electron chi connectivity index (χ0n) is 17.4. The SMILES string of the molecule is COc1ccc(Cl)cc1N1CC(C(=O)Nc2nnc(SCc3ccc(C#N)cc3)s2)CC1=O. The van der Waals surface area contributed by atoms with Gasteiger partial charge in [0.25, 0.3) is 0 Å². The maximum Gasteiger partial charge on any atom is 0.231 e. The minimum atomic E-state index is -0.528. The first-order valence-electron chi connectivity index (χ1n) is 9.87. The Morgan fingerprint density at radius 1 is 1.33 bits per heavy atom. The summed E-state index contributed by atoms with van der Waals surface area (Å²) < 4.78 is 6.05. The molecule has 1 saturated heterocycles. The summed E-state index contributed by atoms with van der Waals surface area (Å²) in [6, 6.07) is 14.5. The van der Waals surface area contributed by atoms with Crippen molar-refractivity contribution in [3.05, 3.63) is 58.6 Å². The Bertz CT molecular complexity index is 1230. The summed E-state index contributed by atoms with van der Waals surface area (Å²) in [4.78, 5) is 26.9. The van der Waals surface area contributed by atoms with Crippen LogP contribution in [0.3, 0.4) is 0 Å². The fourth-order valence-corrected chi connectivity index (χ4v) is 5.21. The fourth-order valence-electron chi connectivity index (χ4n) is 3.34. The van der Waals surface area contributed by atoms with Crippen molar-refractivity contribution in [2.24, 2.45) is 5.92 Å². The first kappa shape index (κ1) is 23.0. The van der Waals surface area contributed by atoms with Crippen molar-refractivity contribution in [3.8, 4) is 11.8 Å². The zero-order valence-corrected chi connectivity index (χ0v) is 19.8. The number of nitriles is 1. The number of amides is 2. The number of nitrogens with zero attached hydrogens (tertiary/aromatic N) is 4. The van der Waals surface area contributed by atoms with Crippen LogP contribution in [0.25, 0.3) is 0 Å². The Hall–Kier alpha value is -3.13. The summed E-state index contributed by atoms with van der Waals surface area (Å²) in [6.45, 7) is 0.223. The number of thioether (sulfide) groups is 1. The Morgan fingerprint density at radius 3 is 2.85 bits per heavy atom. The van der Waals surface area contributed by atoms with Gasteiger partial charge in [0.1, 0.15) is 5.75 Å². The molecule has 11 heteroatoms. The molecule has 0 radical (unpaired) electrons. The van der Waals surface area contributed by atoms with Gasteiger partial charge in [-0.05, 0) is 35.9 Å². The standard InChI is InChI=1S/C22H18ClN5O3S2/c1-31-18-7-6-16(23)9-17(18)28-11-15(8-19(28)29)20(30)25-21-26-27-22(33-21)32-12-14-4-2-13(10-24)3-5-14/h2-7,9,15H,8,11-12H2,1H3,(H,25,26,30). The van der Waals surface area contributed by atoms with Gasteiger partial charge in [-0.2, -0.15) is 5.26 Å². The van der Waals surface area contributed by atoms with Crippen molar-refractivity contribution in [1.82, 2.24) is 10.2 Å². The van der Waals surface area contributed by atoms with Crippen LogP contribution >= 0.6 is 34.7 Å². The first-order chi connectivity index (χ1) is 16.0. The Labute approximate surface area is 203 Å². The number of aromatic nitrogens is 2. The molecule has 1 atom stereocenters.